The zero-order chi connectivity index (χ0) is 22.3. The standard InChI is InChI=1S/C24H23N3O4S/c1-3-30-20-7-4-8-21-23(20)26-24(32-21)27(15-17-6-5-13-25-14-17)22(28)16-31-19-11-9-18(29-2)10-12-19/h4-14H,3,15-16H2,1-2H3. The maximum atomic E-state index is 13.2. The molecule has 0 aliphatic rings. The molecule has 32 heavy (non-hydrogen) atoms. The number of benzene rings is 2. The van der Waals surface area contributed by atoms with Crippen LogP contribution in [0.25, 0.3) is 10.2 Å². The number of hydrogen-bond acceptors (Lipinski definition) is 7. The van der Waals surface area contributed by atoms with E-state index in [0.29, 0.717) is 29.8 Å². The highest BCUT2D eigenvalue weighted by Crippen LogP contribution is 2.35. The van der Waals surface area contributed by atoms with Gasteiger partial charge in [-0.25, -0.2) is 4.98 Å². The molecule has 4 aromatic rings. The zero-order valence-electron chi connectivity index (χ0n) is 17.9. The number of carbonyl (C=O) groups excluding carboxylic acids is 1. The summed E-state index contributed by atoms with van der Waals surface area (Å²) in [5.41, 5.74) is 1.64. The van der Waals surface area contributed by atoms with Crippen molar-refractivity contribution in [3.63, 3.8) is 0 Å². The van der Waals surface area contributed by atoms with Crippen LogP contribution in [0.15, 0.2) is 67.0 Å². The zero-order valence-corrected chi connectivity index (χ0v) is 18.7. The Labute approximate surface area is 190 Å². The molecule has 0 spiro atoms. The average molecular weight is 450 g/mol. The number of anilines is 1. The number of thiazole rings is 1. The third-order valence-electron chi connectivity index (χ3n) is 4.69. The van der Waals surface area contributed by atoms with E-state index in [1.165, 1.54) is 11.3 Å². The smallest absolute Gasteiger partial charge is 0.267 e. The van der Waals surface area contributed by atoms with Gasteiger partial charge >= 0.3 is 0 Å². The molecule has 0 aliphatic heterocycles. The van der Waals surface area contributed by atoms with Crippen LogP contribution in [-0.4, -0.2) is 36.2 Å². The summed E-state index contributed by atoms with van der Waals surface area (Å²) in [6.45, 7) is 2.68. The Morgan fingerprint density at radius 1 is 1.03 bits per heavy atom. The molecule has 4 rings (SSSR count). The molecule has 8 heteroatoms. The molecule has 0 saturated heterocycles. The summed E-state index contributed by atoms with van der Waals surface area (Å²) in [4.78, 5) is 23.7. The van der Waals surface area contributed by atoms with Gasteiger partial charge in [-0.15, -0.1) is 0 Å². The van der Waals surface area contributed by atoms with E-state index in [2.05, 4.69) is 4.98 Å². The molecule has 0 N–H and O–H groups in total. The van der Waals surface area contributed by atoms with Crippen molar-refractivity contribution in [2.24, 2.45) is 0 Å². The summed E-state index contributed by atoms with van der Waals surface area (Å²) >= 11 is 1.44. The SMILES string of the molecule is CCOc1cccc2sc(N(Cc3cccnc3)C(=O)COc3ccc(OC)cc3)nc12. The highest BCUT2D eigenvalue weighted by atomic mass is 32.1. The van der Waals surface area contributed by atoms with Crippen molar-refractivity contribution in [1.29, 1.82) is 0 Å². The van der Waals surface area contributed by atoms with E-state index >= 15 is 0 Å². The van der Waals surface area contributed by atoms with Crippen LogP contribution in [0.5, 0.6) is 17.2 Å². The molecule has 2 aromatic carbocycles. The second-order valence-electron chi connectivity index (χ2n) is 6.84. The number of amides is 1. The number of para-hydroxylation sites is 1. The van der Waals surface area contributed by atoms with Crippen molar-refractivity contribution in [3.05, 3.63) is 72.6 Å². The van der Waals surface area contributed by atoms with Gasteiger partial charge in [0.25, 0.3) is 5.91 Å². The van der Waals surface area contributed by atoms with Gasteiger partial charge in [-0.1, -0.05) is 23.5 Å². The van der Waals surface area contributed by atoms with Gasteiger partial charge in [0.15, 0.2) is 11.7 Å². The fraction of sp³-hybridized carbons (Fsp3) is 0.208. The lowest BCUT2D eigenvalue weighted by Crippen LogP contribution is -2.34. The minimum Gasteiger partial charge on any atom is -0.497 e. The highest BCUT2D eigenvalue weighted by Gasteiger charge is 2.22. The number of nitrogens with zero attached hydrogens (tertiary/aromatic N) is 3. The van der Waals surface area contributed by atoms with Crippen LogP contribution in [0.2, 0.25) is 0 Å². The van der Waals surface area contributed by atoms with E-state index in [1.807, 2.05) is 37.3 Å². The maximum Gasteiger partial charge on any atom is 0.267 e. The van der Waals surface area contributed by atoms with Crippen LogP contribution in [0.1, 0.15) is 12.5 Å². The Balaban J connectivity index is 1.60. The first-order valence-electron chi connectivity index (χ1n) is 10.2. The normalized spacial score (nSPS) is 10.7. The topological polar surface area (TPSA) is 73.8 Å². The fourth-order valence-corrected chi connectivity index (χ4v) is 4.13. The number of pyridine rings is 1. The van der Waals surface area contributed by atoms with Gasteiger partial charge in [0, 0.05) is 12.4 Å². The molecular weight excluding hydrogens is 426 g/mol. The van der Waals surface area contributed by atoms with Gasteiger partial charge in [-0.3, -0.25) is 14.7 Å². The largest absolute Gasteiger partial charge is 0.497 e. The lowest BCUT2D eigenvalue weighted by molar-refractivity contribution is -0.120. The Bertz CT molecular complexity index is 1180. The molecule has 0 fully saturated rings. The molecule has 0 unspecified atom stereocenters. The molecule has 0 aliphatic carbocycles. The first kappa shape index (κ1) is 21.6. The molecular formula is C24H23N3O4S. The Morgan fingerprint density at radius 3 is 2.56 bits per heavy atom. The van der Waals surface area contributed by atoms with Gasteiger partial charge in [0.1, 0.15) is 22.8 Å². The molecule has 164 valence electrons. The molecule has 7 nitrogen and oxygen atoms in total. The van der Waals surface area contributed by atoms with E-state index in [9.17, 15) is 4.79 Å². The summed E-state index contributed by atoms with van der Waals surface area (Å²) in [6, 6.07) is 16.7. The summed E-state index contributed by atoms with van der Waals surface area (Å²) in [5.74, 6) is 1.81. The molecule has 0 atom stereocenters. The van der Waals surface area contributed by atoms with E-state index in [-0.39, 0.29) is 12.5 Å². The van der Waals surface area contributed by atoms with E-state index in [1.54, 1.807) is 48.7 Å². The minimum atomic E-state index is -0.207. The van der Waals surface area contributed by atoms with Gasteiger partial charge in [-0.2, -0.15) is 0 Å². The first-order chi connectivity index (χ1) is 15.7. The van der Waals surface area contributed by atoms with Crippen molar-refractivity contribution in [1.82, 2.24) is 9.97 Å². The van der Waals surface area contributed by atoms with Crippen LogP contribution >= 0.6 is 11.3 Å². The van der Waals surface area contributed by atoms with Crippen molar-refractivity contribution in [2.75, 3.05) is 25.2 Å². The number of fused-ring (bicyclic) bond motifs is 1. The number of ether oxygens (including phenoxy) is 3. The monoisotopic (exact) mass is 449 g/mol. The van der Waals surface area contributed by atoms with E-state index in [4.69, 9.17) is 19.2 Å². The van der Waals surface area contributed by atoms with Gasteiger partial charge < -0.3 is 14.2 Å². The lowest BCUT2D eigenvalue weighted by Gasteiger charge is -2.20. The molecule has 0 bridgehead atoms. The summed E-state index contributed by atoms with van der Waals surface area (Å²) in [5, 5.41) is 0.583. The van der Waals surface area contributed by atoms with E-state index in [0.717, 1.165) is 21.5 Å². The van der Waals surface area contributed by atoms with Crippen molar-refractivity contribution in [2.45, 2.75) is 13.5 Å². The fourth-order valence-electron chi connectivity index (χ4n) is 3.13. The van der Waals surface area contributed by atoms with Gasteiger partial charge in [0.05, 0.1) is 25.0 Å². The molecule has 2 heterocycles. The molecule has 1 amide bonds. The first-order valence-corrected chi connectivity index (χ1v) is 11.0. The van der Waals surface area contributed by atoms with Crippen LogP contribution in [-0.2, 0) is 11.3 Å². The molecule has 0 saturated carbocycles. The number of methoxy groups -OCH3 is 1. The second-order valence-corrected chi connectivity index (χ2v) is 7.85. The third-order valence-corrected chi connectivity index (χ3v) is 5.73. The quantitative estimate of drug-likeness (QED) is 0.368. The Kier molecular flexibility index (Phi) is 6.81. The number of carbonyl (C=O) groups is 1. The Morgan fingerprint density at radius 2 is 1.84 bits per heavy atom. The summed E-state index contributed by atoms with van der Waals surface area (Å²) in [6.07, 6.45) is 3.44. The average Bonchev–Trinajstić information content (AvgIpc) is 3.27. The second kappa shape index (κ2) is 10.1. The van der Waals surface area contributed by atoms with Crippen molar-refractivity contribution < 1.29 is 19.0 Å². The number of rotatable bonds is 9. The van der Waals surface area contributed by atoms with Gasteiger partial charge in [-0.05, 0) is 55.0 Å². The van der Waals surface area contributed by atoms with Crippen molar-refractivity contribution >= 4 is 32.6 Å². The summed E-state index contributed by atoms with van der Waals surface area (Å²) in [7, 11) is 1.60. The van der Waals surface area contributed by atoms with Crippen LogP contribution in [0, 0.1) is 0 Å². The molecule has 2 aromatic heterocycles. The Hall–Kier alpha value is -3.65. The lowest BCUT2D eigenvalue weighted by atomic mass is 10.2. The predicted octanol–water partition coefficient (Wildman–Crippen LogP) is 4.71. The van der Waals surface area contributed by atoms with E-state index < -0.39 is 0 Å². The van der Waals surface area contributed by atoms with Crippen LogP contribution in [0.3, 0.4) is 0 Å². The van der Waals surface area contributed by atoms with Gasteiger partial charge in [0.2, 0.25) is 0 Å². The van der Waals surface area contributed by atoms with Crippen molar-refractivity contribution in [3.8, 4) is 17.2 Å². The molecule has 0 radical (unpaired) electrons. The minimum absolute atomic E-state index is 0.124. The van der Waals surface area contributed by atoms with Crippen LogP contribution < -0.4 is 19.1 Å². The summed E-state index contributed by atoms with van der Waals surface area (Å²) < 4.78 is 17.6. The maximum absolute atomic E-state index is 13.2. The number of aromatic nitrogens is 2. The predicted molar refractivity (Wildman–Crippen MR) is 125 cm³/mol. The van der Waals surface area contributed by atoms with Crippen LogP contribution in [0.4, 0.5) is 5.13 Å². The highest BCUT2D eigenvalue weighted by molar-refractivity contribution is 7.22. The third kappa shape index (κ3) is 4.97. The number of hydrogen-bond donors (Lipinski definition) is 0.